The minimum atomic E-state index is -1.34. The highest BCUT2D eigenvalue weighted by Crippen LogP contribution is 2.26. The van der Waals surface area contributed by atoms with E-state index in [1.807, 2.05) is 6.92 Å². The predicted octanol–water partition coefficient (Wildman–Crippen LogP) is 0.833. The Kier molecular flexibility index (Phi) is 3.14. The van der Waals surface area contributed by atoms with Crippen LogP contribution < -0.4 is 5.73 Å². The fourth-order valence-corrected chi connectivity index (χ4v) is 2.45. The molecule has 0 aromatic carbocycles. The molecule has 1 saturated heterocycles. The normalized spacial score (nSPS) is 22.8. The standard InChI is InChI=1S/C13H18N2O4/c1-7-8(2)19-9(3)10(7)11(16)15-5-4-13(14,6-15)12(17)18/h4-6,14H2,1-3H3,(H,17,18). The second kappa shape index (κ2) is 4.38. The molecular formula is C13H18N2O4. The zero-order valence-corrected chi connectivity index (χ0v) is 11.3. The number of hydrogen-bond donors (Lipinski definition) is 2. The van der Waals surface area contributed by atoms with E-state index in [0.717, 1.165) is 5.56 Å². The van der Waals surface area contributed by atoms with Crippen molar-refractivity contribution in [2.75, 3.05) is 13.1 Å². The molecule has 2 rings (SSSR count). The average Bonchev–Trinajstić information content (AvgIpc) is 2.83. The van der Waals surface area contributed by atoms with E-state index in [1.165, 1.54) is 4.90 Å². The van der Waals surface area contributed by atoms with Crippen molar-refractivity contribution in [3.63, 3.8) is 0 Å². The smallest absolute Gasteiger partial charge is 0.325 e. The molecule has 1 amide bonds. The Bertz CT molecular complexity index is 549. The number of carbonyl (C=O) groups excluding carboxylic acids is 1. The number of aryl methyl sites for hydroxylation is 2. The van der Waals surface area contributed by atoms with Crippen LogP contribution in [0.2, 0.25) is 0 Å². The molecule has 6 heteroatoms. The van der Waals surface area contributed by atoms with Gasteiger partial charge < -0.3 is 20.2 Å². The molecule has 104 valence electrons. The fourth-order valence-electron chi connectivity index (χ4n) is 2.45. The first-order valence-corrected chi connectivity index (χ1v) is 6.14. The summed E-state index contributed by atoms with van der Waals surface area (Å²) in [5.74, 6) is -0.0119. The number of nitrogens with zero attached hydrogens (tertiary/aromatic N) is 1. The summed E-state index contributed by atoms with van der Waals surface area (Å²) in [5.41, 5.74) is 5.75. The molecule has 1 atom stereocenters. The van der Waals surface area contributed by atoms with Crippen LogP contribution >= 0.6 is 0 Å². The van der Waals surface area contributed by atoms with Gasteiger partial charge in [-0.15, -0.1) is 0 Å². The van der Waals surface area contributed by atoms with Crippen LogP contribution in [0.25, 0.3) is 0 Å². The van der Waals surface area contributed by atoms with Gasteiger partial charge in [0.05, 0.1) is 5.56 Å². The molecule has 3 N–H and O–H groups in total. The summed E-state index contributed by atoms with van der Waals surface area (Å²) in [5, 5.41) is 9.07. The molecule has 0 spiro atoms. The first-order valence-electron chi connectivity index (χ1n) is 6.14. The first-order chi connectivity index (χ1) is 8.76. The van der Waals surface area contributed by atoms with Crippen molar-refractivity contribution in [2.24, 2.45) is 5.73 Å². The topological polar surface area (TPSA) is 96.8 Å². The van der Waals surface area contributed by atoms with Crippen LogP contribution in [0.15, 0.2) is 4.42 Å². The number of hydrogen-bond acceptors (Lipinski definition) is 4. The Morgan fingerprint density at radius 1 is 1.32 bits per heavy atom. The van der Waals surface area contributed by atoms with E-state index < -0.39 is 11.5 Å². The Balaban J connectivity index is 2.25. The number of nitrogens with two attached hydrogens (primary N) is 1. The van der Waals surface area contributed by atoms with Gasteiger partial charge in [-0.05, 0) is 27.2 Å². The van der Waals surface area contributed by atoms with E-state index in [0.29, 0.717) is 23.6 Å². The molecule has 1 aromatic heterocycles. The summed E-state index contributed by atoms with van der Waals surface area (Å²) < 4.78 is 5.43. The van der Waals surface area contributed by atoms with Crippen molar-refractivity contribution in [1.82, 2.24) is 4.90 Å². The van der Waals surface area contributed by atoms with E-state index in [-0.39, 0.29) is 18.9 Å². The number of carbonyl (C=O) groups is 2. The van der Waals surface area contributed by atoms with Gasteiger partial charge >= 0.3 is 5.97 Å². The second-order valence-corrected chi connectivity index (χ2v) is 5.15. The van der Waals surface area contributed by atoms with Gasteiger partial charge in [-0.3, -0.25) is 9.59 Å². The van der Waals surface area contributed by atoms with Crippen molar-refractivity contribution in [3.05, 3.63) is 22.6 Å². The molecule has 1 unspecified atom stereocenters. The van der Waals surface area contributed by atoms with E-state index in [9.17, 15) is 9.59 Å². The summed E-state index contributed by atoms with van der Waals surface area (Å²) in [6, 6.07) is 0. The van der Waals surface area contributed by atoms with Crippen molar-refractivity contribution in [1.29, 1.82) is 0 Å². The maximum Gasteiger partial charge on any atom is 0.325 e. The van der Waals surface area contributed by atoms with Crippen LogP contribution in [0.3, 0.4) is 0 Å². The zero-order valence-electron chi connectivity index (χ0n) is 11.3. The van der Waals surface area contributed by atoms with Gasteiger partial charge in [0, 0.05) is 18.7 Å². The Labute approximate surface area is 111 Å². The summed E-state index contributed by atoms with van der Waals surface area (Å²) in [7, 11) is 0. The summed E-state index contributed by atoms with van der Waals surface area (Å²) in [4.78, 5) is 25.0. The fraction of sp³-hybridized carbons (Fsp3) is 0.538. The number of furan rings is 1. The molecular weight excluding hydrogens is 248 g/mol. The van der Waals surface area contributed by atoms with Crippen molar-refractivity contribution in [2.45, 2.75) is 32.7 Å². The third-order valence-corrected chi connectivity index (χ3v) is 3.79. The van der Waals surface area contributed by atoms with Crippen LogP contribution in [0.1, 0.15) is 33.9 Å². The molecule has 2 heterocycles. The lowest BCUT2D eigenvalue weighted by Crippen LogP contribution is -2.50. The van der Waals surface area contributed by atoms with Gasteiger partial charge in [0.1, 0.15) is 17.1 Å². The lowest BCUT2D eigenvalue weighted by atomic mass is 10.0. The van der Waals surface area contributed by atoms with Crippen molar-refractivity contribution < 1.29 is 19.1 Å². The third-order valence-electron chi connectivity index (χ3n) is 3.79. The number of aliphatic carboxylic acids is 1. The number of carboxylic acid groups (broad SMARTS) is 1. The summed E-state index contributed by atoms with van der Waals surface area (Å²) in [6.45, 7) is 5.74. The predicted molar refractivity (Wildman–Crippen MR) is 68.0 cm³/mol. The lowest BCUT2D eigenvalue weighted by molar-refractivity contribution is -0.142. The maximum atomic E-state index is 12.4. The second-order valence-electron chi connectivity index (χ2n) is 5.15. The Hall–Kier alpha value is -1.82. The van der Waals surface area contributed by atoms with Gasteiger partial charge in [-0.25, -0.2) is 0 Å². The molecule has 1 aliphatic heterocycles. The highest BCUT2D eigenvalue weighted by Gasteiger charge is 2.43. The monoisotopic (exact) mass is 266 g/mol. The number of amides is 1. The maximum absolute atomic E-state index is 12.4. The molecule has 1 fully saturated rings. The van der Waals surface area contributed by atoms with Gasteiger partial charge in [-0.1, -0.05) is 0 Å². The van der Waals surface area contributed by atoms with Crippen LogP contribution in [0.4, 0.5) is 0 Å². The minimum Gasteiger partial charge on any atom is -0.480 e. The average molecular weight is 266 g/mol. The van der Waals surface area contributed by atoms with Crippen LogP contribution in [0, 0.1) is 20.8 Å². The SMILES string of the molecule is Cc1oc(C)c(C(=O)N2CCC(N)(C(=O)O)C2)c1C. The molecule has 1 aliphatic rings. The van der Waals surface area contributed by atoms with E-state index in [1.54, 1.807) is 13.8 Å². The van der Waals surface area contributed by atoms with Crippen molar-refractivity contribution in [3.8, 4) is 0 Å². The number of rotatable bonds is 2. The first kappa shape index (κ1) is 13.6. The van der Waals surface area contributed by atoms with Gasteiger partial charge in [0.2, 0.25) is 0 Å². The van der Waals surface area contributed by atoms with Gasteiger partial charge in [0.25, 0.3) is 5.91 Å². The molecule has 1 aromatic rings. The summed E-state index contributed by atoms with van der Waals surface area (Å²) >= 11 is 0. The Morgan fingerprint density at radius 2 is 1.95 bits per heavy atom. The number of likely N-dealkylation sites (tertiary alicyclic amines) is 1. The molecule has 19 heavy (non-hydrogen) atoms. The molecule has 0 radical (unpaired) electrons. The molecule has 0 saturated carbocycles. The minimum absolute atomic E-state index is 0.0320. The highest BCUT2D eigenvalue weighted by atomic mass is 16.4. The van der Waals surface area contributed by atoms with Gasteiger partial charge in [0.15, 0.2) is 0 Å². The van der Waals surface area contributed by atoms with E-state index in [4.69, 9.17) is 15.3 Å². The molecule has 0 bridgehead atoms. The zero-order chi connectivity index (χ0) is 14.4. The Morgan fingerprint density at radius 3 is 2.37 bits per heavy atom. The quantitative estimate of drug-likeness (QED) is 0.826. The molecule has 6 nitrogen and oxygen atoms in total. The highest BCUT2D eigenvalue weighted by molar-refractivity contribution is 5.97. The van der Waals surface area contributed by atoms with Crippen molar-refractivity contribution >= 4 is 11.9 Å². The van der Waals surface area contributed by atoms with Crippen LogP contribution in [-0.2, 0) is 4.79 Å². The summed E-state index contributed by atoms with van der Waals surface area (Å²) in [6.07, 6.45) is 0.267. The largest absolute Gasteiger partial charge is 0.480 e. The number of carboxylic acids is 1. The molecule has 0 aliphatic carbocycles. The van der Waals surface area contributed by atoms with Crippen LogP contribution in [0.5, 0.6) is 0 Å². The van der Waals surface area contributed by atoms with Crippen LogP contribution in [-0.4, -0.2) is 40.5 Å². The van der Waals surface area contributed by atoms with Gasteiger partial charge in [-0.2, -0.15) is 0 Å². The lowest BCUT2D eigenvalue weighted by Gasteiger charge is -2.20. The van der Waals surface area contributed by atoms with E-state index >= 15 is 0 Å². The van der Waals surface area contributed by atoms with E-state index in [2.05, 4.69) is 0 Å². The third kappa shape index (κ3) is 2.12.